The van der Waals surface area contributed by atoms with Crippen LogP contribution in [0.3, 0.4) is 0 Å². The van der Waals surface area contributed by atoms with Crippen molar-refractivity contribution in [1.82, 2.24) is 4.31 Å². The summed E-state index contributed by atoms with van der Waals surface area (Å²) in [5.41, 5.74) is 1.74. The molecule has 192 valence electrons. The lowest BCUT2D eigenvalue weighted by Crippen LogP contribution is -2.46. The lowest BCUT2D eigenvalue weighted by atomic mass is 10.0. The van der Waals surface area contributed by atoms with Crippen LogP contribution in [0.2, 0.25) is 0 Å². The van der Waals surface area contributed by atoms with Crippen LogP contribution in [0.1, 0.15) is 36.8 Å². The highest BCUT2D eigenvalue weighted by molar-refractivity contribution is 7.89. The summed E-state index contributed by atoms with van der Waals surface area (Å²) in [5.74, 6) is 1.44. The van der Waals surface area contributed by atoms with E-state index in [1.807, 2.05) is 48.5 Å². The van der Waals surface area contributed by atoms with E-state index in [0.717, 1.165) is 35.5 Å². The second-order valence-electron chi connectivity index (χ2n) is 8.72. The topological polar surface area (TPSA) is 74.3 Å². The van der Waals surface area contributed by atoms with Gasteiger partial charge in [0.1, 0.15) is 16.7 Å². The first-order valence-electron chi connectivity index (χ1n) is 11.9. The van der Waals surface area contributed by atoms with Crippen LogP contribution in [-0.2, 0) is 32.6 Å². The number of sulfonamides is 1. The summed E-state index contributed by atoms with van der Waals surface area (Å²) in [7, 11) is 0.979. The molecule has 0 radical (unpaired) electrons. The molecule has 1 aliphatic rings. The summed E-state index contributed by atoms with van der Waals surface area (Å²) in [4.78, 5) is 0. The molecule has 1 fully saturated rings. The fourth-order valence-electron chi connectivity index (χ4n) is 4.42. The zero-order valence-corrected chi connectivity index (χ0v) is 21.7. The van der Waals surface area contributed by atoms with Crippen LogP contribution in [0.15, 0.2) is 61.2 Å². The number of methoxy groups -OCH3 is 3. The number of benzene rings is 2. The van der Waals surface area contributed by atoms with Crippen LogP contribution in [0.4, 0.5) is 0 Å². The van der Waals surface area contributed by atoms with E-state index >= 15 is 0 Å². The van der Waals surface area contributed by atoms with E-state index in [2.05, 4.69) is 6.58 Å². The van der Waals surface area contributed by atoms with Gasteiger partial charge in [0, 0.05) is 26.8 Å². The standard InChI is InChI=1S/C27H37NO6S/c1-5-7-26(33-4)27(18-25-8-6-17-34-25)35(29,30)28(19-21-9-13-23(31-2)14-10-21)20-22-11-15-24(32-3)16-12-22/h5,9-16,25-27H,1,6-8,17-20H2,2-4H3/t25-,26-,27+/m0/s1. The summed E-state index contributed by atoms with van der Waals surface area (Å²) in [6.07, 6.45) is 3.72. The Hall–Kier alpha value is -2.39. The first-order chi connectivity index (χ1) is 16.9. The maximum absolute atomic E-state index is 14.3. The van der Waals surface area contributed by atoms with Crippen molar-refractivity contribution >= 4 is 10.0 Å². The summed E-state index contributed by atoms with van der Waals surface area (Å²) < 4.78 is 52.1. The van der Waals surface area contributed by atoms with Gasteiger partial charge in [0.05, 0.1) is 26.4 Å². The molecule has 1 aliphatic heterocycles. The van der Waals surface area contributed by atoms with Crippen LogP contribution in [0.25, 0.3) is 0 Å². The number of hydrogen-bond acceptors (Lipinski definition) is 6. The van der Waals surface area contributed by atoms with Gasteiger partial charge in [0.25, 0.3) is 0 Å². The highest BCUT2D eigenvalue weighted by Gasteiger charge is 2.40. The Bertz CT molecular complexity index is 967. The Morgan fingerprint density at radius 3 is 1.94 bits per heavy atom. The smallest absolute Gasteiger partial charge is 0.220 e. The SMILES string of the molecule is C=CC[C@H](OC)[C@@H](C[C@@H]1CCCO1)S(=O)(=O)N(Cc1ccc(OC)cc1)Cc1ccc(OC)cc1. The van der Waals surface area contributed by atoms with Crippen LogP contribution in [0.5, 0.6) is 11.5 Å². The first-order valence-corrected chi connectivity index (χ1v) is 13.4. The average molecular weight is 504 g/mol. The minimum atomic E-state index is -3.79. The van der Waals surface area contributed by atoms with Crippen molar-refractivity contribution in [3.63, 3.8) is 0 Å². The molecular weight excluding hydrogens is 466 g/mol. The fraction of sp³-hybridized carbons (Fsp3) is 0.481. The average Bonchev–Trinajstić information content (AvgIpc) is 3.40. The zero-order chi connectivity index (χ0) is 25.3. The number of ether oxygens (including phenoxy) is 4. The van der Waals surface area contributed by atoms with Crippen LogP contribution < -0.4 is 9.47 Å². The van der Waals surface area contributed by atoms with Crippen molar-refractivity contribution in [1.29, 1.82) is 0 Å². The lowest BCUT2D eigenvalue weighted by molar-refractivity contribution is 0.0617. The van der Waals surface area contributed by atoms with Crippen molar-refractivity contribution in [3.8, 4) is 11.5 Å². The second kappa shape index (κ2) is 13.1. The van der Waals surface area contributed by atoms with Gasteiger partial charge in [-0.3, -0.25) is 0 Å². The third kappa shape index (κ3) is 7.30. The molecule has 1 saturated heterocycles. The molecule has 0 saturated carbocycles. The predicted octanol–water partition coefficient (Wildman–Crippen LogP) is 4.56. The van der Waals surface area contributed by atoms with E-state index < -0.39 is 21.4 Å². The minimum Gasteiger partial charge on any atom is -0.497 e. The molecule has 0 unspecified atom stereocenters. The molecule has 2 aromatic rings. The molecule has 1 heterocycles. The van der Waals surface area contributed by atoms with Gasteiger partial charge in [-0.15, -0.1) is 6.58 Å². The van der Waals surface area contributed by atoms with Crippen molar-refractivity contribution in [3.05, 3.63) is 72.3 Å². The van der Waals surface area contributed by atoms with E-state index in [9.17, 15) is 8.42 Å². The molecule has 0 aromatic heterocycles. The highest BCUT2D eigenvalue weighted by atomic mass is 32.2. The van der Waals surface area contributed by atoms with Crippen molar-refractivity contribution in [2.24, 2.45) is 0 Å². The molecule has 0 amide bonds. The molecule has 3 rings (SSSR count). The van der Waals surface area contributed by atoms with Gasteiger partial charge < -0.3 is 18.9 Å². The summed E-state index contributed by atoms with van der Waals surface area (Å²) in [5, 5.41) is -0.759. The molecule has 0 spiro atoms. The monoisotopic (exact) mass is 503 g/mol. The third-order valence-electron chi connectivity index (χ3n) is 6.41. The highest BCUT2D eigenvalue weighted by Crippen LogP contribution is 2.29. The van der Waals surface area contributed by atoms with Crippen LogP contribution >= 0.6 is 0 Å². The fourth-order valence-corrected chi connectivity index (χ4v) is 6.52. The van der Waals surface area contributed by atoms with Crippen molar-refractivity contribution in [2.45, 2.75) is 56.2 Å². The minimum absolute atomic E-state index is 0.0962. The van der Waals surface area contributed by atoms with Gasteiger partial charge in [-0.05, 0) is 61.1 Å². The van der Waals surface area contributed by atoms with Crippen molar-refractivity contribution < 1.29 is 27.4 Å². The number of nitrogens with zero attached hydrogens (tertiary/aromatic N) is 1. The van der Waals surface area contributed by atoms with Gasteiger partial charge in [-0.1, -0.05) is 30.3 Å². The molecule has 8 heteroatoms. The molecule has 3 atom stereocenters. The second-order valence-corrected chi connectivity index (χ2v) is 10.9. The van der Waals surface area contributed by atoms with E-state index in [-0.39, 0.29) is 19.2 Å². The van der Waals surface area contributed by atoms with E-state index in [4.69, 9.17) is 18.9 Å². The molecule has 0 bridgehead atoms. The number of rotatable bonds is 14. The van der Waals surface area contributed by atoms with Gasteiger partial charge >= 0.3 is 0 Å². The lowest BCUT2D eigenvalue weighted by Gasteiger charge is -2.33. The summed E-state index contributed by atoms with van der Waals surface area (Å²) >= 11 is 0. The maximum Gasteiger partial charge on any atom is 0.220 e. The molecule has 2 aromatic carbocycles. The third-order valence-corrected chi connectivity index (χ3v) is 8.65. The van der Waals surface area contributed by atoms with Gasteiger partial charge in [-0.2, -0.15) is 4.31 Å². The molecule has 0 aliphatic carbocycles. The van der Waals surface area contributed by atoms with Gasteiger partial charge in [0.15, 0.2) is 0 Å². The Balaban J connectivity index is 1.96. The number of hydrogen-bond donors (Lipinski definition) is 0. The zero-order valence-electron chi connectivity index (χ0n) is 20.9. The molecule has 7 nitrogen and oxygen atoms in total. The molecular formula is C27H37NO6S. The van der Waals surface area contributed by atoms with Crippen molar-refractivity contribution in [2.75, 3.05) is 27.9 Å². The molecule has 35 heavy (non-hydrogen) atoms. The Kier molecular flexibility index (Phi) is 10.2. The van der Waals surface area contributed by atoms with Crippen LogP contribution in [-0.4, -0.2) is 58.1 Å². The maximum atomic E-state index is 14.3. The quantitative estimate of drug-likeness (QED) is 0.352. The molecule has 0 N–H and O–H groups in total. The van der Waals surface area contributed by atoms with E-state index in [1.54, 1.807) is 31.7 Å². The Morgan fingerprint density at radius 1 is 1.00 bits per heavy atom. The Morgan fingerprint density at radius 2 is 1.54 bits per heavy atom. The van der Waals surface area contributed by atoms with E-state index in [1.165, 1.54) is 0 Å². The summed E-state index contributed by atoms with van der Waals surface area (Å²) in [6.45, 7) is 4.93. The normalized spacial score (nSPS) is 17.8. The Labute approximate surface area is 209 Å². The van der Waals surface area contributed by atoms with Crippen LogP contribution in [0, 0.1) is 0 Å². The van der Waals surface area contributed by atoms with Gasteiger partial charge in [-0.25, -0.2) is 8.42 Å². The predicted molar refractivity (Wildman–Crippen MR) is 137 cm³/mol. The van der Waals surface area contributed by atoms with Gasteiger partial charge in [0.2, 0.25) is 10.0 Å². The largest absolute Gasteiger partial charge is 0.497 e. The van der Waals surface area contributed by atoms with E-state index in [0.29, 0.717) is 19.4 Å². The first kappa shape index (κ1) is 27.2. The summed E-state index contributed by atoms with van der Waals surface area (Å²) in [6, 6.07) is 14.9.